The predicted molar refractivity (Wildman–Crippen MR) is 105 cm³/mol. The summed E-state index contributed by atoms with van der Waals surface area (Å²) in [5.41, 5.74) is 1.45. The van der Waals surface area contributed by atoms with E-state index < -0.39 is 6.04 Å². The van der Waals surface area contributed by atoms with Gasteiger partial charge in [-0.2, -0.15) is 0 Å². The molecule has 7 heteroatoms. The number of ketones is 1. The van der Waals surface area contributed by atoms with Gasteiger partial charge in [-0.15, -0.1) is 22.7 Å². The molecule has 1 aliphatic carbocycles. The second-order valence-electron chi connectivity index (χ2n) is 7.39. The van der Waals surface area contributed by atoms with Crippen LogP contribution in [-0.4, -0.2) is 22.8 Å². The molecular formula is C20H20N2O3S2. The van der Waals surface area contributed by atoms with E-state index in [-0.39, 0.29) is 29.5 Å². The molecule has 3 aliphatic rings. The van der Waals surface area contributed by atoms with Gasteiger partial charge in [-0.25, -0.2) is 4.98 Å². The molecule has 0 bridgehead atoms. The largest absolute Gasteiger partial charge is 0.483 e. The summed E-state index contributed by atoms with van der Waals surface area (Å²) in [4.78, 5) is 35.1. The number of fused-ring (bicyclic) bond motifs is 1. The number of hydrogen-bond acceptors (Lipinski definition) is 6. The van der Waals surface area contributed by atoms with Crippen LogP contribution in [-0.2, 0) is 14.3 Å². The molecule has 2 aromatic rings. The first-order valence-electron chi connectivity index (χ1n) is 9.32. The molecule has 4 heterocycles. The van der Waals surface area contributed by atoms with Crippen molar-refractivity contribution in [2.75, 3.05) is 4.90 Å². The summed E-state index contributed by atoms with van der Waals surface area (Å²) >= 11 is 3.05. The highest BCUT2D eigenvalue weighted by molar-refractivity contribution is 7.16. The number of hydrogen-bond donors (Lipinski definition) is 0. The van der Waals surface area contributed by atoms with Gasteiger partial charge in [-0.1, -0.05) is 12.5 Å². The van der Waals surface area contributed by atoms with Crippen LogP contribution >= 0.6 is 22.7 Å². The number of amides is 1. The number of Topliss-reactive ketones (excluding diaryl/α,β-unsaturated/α-hetero) is 1. The monoisotopic (exact) mass is 400 g/mol. The van der Waals surface area contributed by atoms with Gasteiger partial charge in [0.1, 0.15) is 12.1 Å². The van der Waals surface area contributed by atoms with Crippen LogP contribution in [0.4, 0.5) is 5.13 Å². The number of carbonyl (C=O) groups is 2. The molecule has 5 nitrogen and oxygen atoms in total. The lowest BCUT2D eigenvalue weighted by molar-refractivity contribution is -0.131. The second kappa shape index (κ2) is 6.27. The summed E-state index contributed by atoms with van der Waals surface area (Å²) in [5.74, 6) is 0.00857. The molecule has 1 amide bonds. The maximum atomic E-state index is 13.4. The molecule has 3 unspecified atom stereocenters. The van der Waals surface area contributed by atoms with Crippen LogP contribution in [0.25, 0.3) is 0 Å². The highest BCUT2D eigenvalue weighted by atomic mass is 32.1. The second-order valence-corrected chi connectivity index (χ2v) is 9.55. The maximum absolute atomic E-state index is 13.4. The smallest absolute Gasteiger partial charge is 0.296 e. The number of ether oxygens (including phenoxy) is 1. The summed E-state index contributed by atoms with van der Waals surface area (Å²) in [5, 5.41) is 2.62. The van der Waals surface area contributed by atoms with Gasteiger partial charge in [0, 0.05) is 9.75 Å². The Kier molecular flexibility index (Phi) is 3.98. The summed E-state index contributed by atoms with van der Waals surface area (Å²) in [7, 11) is 0. The van der Waals surface area contributed by atoms with E-state index in [0.717, 1.165) is 41.1 Å². The van der Waals surface area contributed by atoms with Gasteiger partial charge in [0.05, 0.1) is 17.2 Å². The molecule has 0 spiro atoms. The molecule has 3 atom stereocenters. The van der Waals surface area contributed by atoms with E-state index in [1.807, 2.05) is 31.4 Å². The Morgan fingerprint density at radius 1 is 1.22 bits per heavy atom. The van der Waals surface area contributed by atoms with E-state index >= 15 is 0 Å². The van der Waals surface area contributed by atoms with Crippen molar-refractivity contribution in [3.8, 4) is 0 Å². The first kappa shape index (κ1) is 17.1. The minimum absolute atomic E-state index is 0.0974. The lowest BCUT2D eigenvalue weighted by Gasteiger charge is -2.35. The van der Waals surface area contributed by atoms with E-state index in [9.17, 15) is 9.59 Å². The molecule has 27 heavy (non-hydrogen) atoms. The third-order valence-corrected chi connectivity index (χ3v) is 7.80. The molecule has 0 N–H and O–H groups in total. The van der Waals surface area contributed by atoms with E-state index in [4.69, 9.17) is 4.74 Å². The van der Waals surface area contributed by atoms with Gasteiger partial charge in [0.25, 0.3) is 5.91 Å². The third kappa shape index (κ3) is 2.51. The summed E-state index contributed by atoms with van der Waals surface area (Å²) in [6.45, 7) is 3.94. The number of rotatable bonds is 2. The van der Waals surface area contributed by atoms with Gasteiger partial charge < -0.3 is 4.74 Å². The maximum Gasteiger partial charge on any atom is 0.296 e. The van der Waals surface area contributed by atoms with Gasteiger partial charge in [-0.3, -0.25) is 14.5 Å². The summed E-state index contributed by atoms with van der Waals surface area (Å²) in [6, 6.07) is 3.52. The molecule has 2 aliphatic heterocycles. The Labute approximate surface area is 165 Å². The molecule has 1 fully saturated rings. The number of thiophene rings is 1. The normalized spacial score (nSPS) is 27.6. The number of thiazole rings is 1. The molecule has 5 rings (SSSR count). The SMILES string of the molecule is Cc1nc(N2C(=O)C3=C(C(=O)C4CCCCC4O3)C2c2cccs2)sc1C. The van der Waals surface area contributed by atoms with Crippen LogP contribution < -0.4 is 4.90 Å². The molecule has 2 aromatic heterocycles. The molecule has 140 valence electrons. The Morgan fingerprint density at radius 3 is 2.74 bits per heavy atom. The van der Waals surface area contributed by atoms with Crippen LogP contribution in [0.3, 0.4) is 0 Å². The van der Waals surface area contributed by atoms with Crippen molar-refractivity contribution in [1.82, 2.24) is 4.98 Å². The zero-order chi connectivity index (χ0) is 18.7. The van der Waals surface area contributed by atoms with Crippen molar-refractivity contribution in [2.45, 2.75) is 51.7 Å². The lowest BCUT2D eigenvalue weighted by Crippen LogP contribution is -2.39. The third-order valence-electron chi connectivity index (χ3n) is 5.80. The van der Waals surface area contributed by atoms with Crippen molar-refractivity contribution in [1.29, 1.82) is 0 Å². The topological polar surface area (TPSA) is 59.5 Å². The fraction of sp³-hybridized carbons (Fsp3) is 0.450. The van der Waals surface area contributed by atoms with Gasteiger partial charge in [0.15, 0.2) is 16.7 Å². The Bertz CT molecular complexity index is 941. The minimum atomic E-state index is -0.423. The molecular weight excluding hydrogens is 380 g/mol. The average Bonchev–Trinajstić information content (AvgIpc) is 3.36. The lowest BCUT2D eigenvalue weighted by atomic mass is 9.78. The number of aromatic nitrogens is 1. The Balaban J connectivity index is 1.65. The van der Waals surface area contributed by atoms with Crippen molar-refractivity contribution < 1.29 is 14.3 Å². The van der Waals surface area contributed by atoms with Crippen molar-refractivity contribution in [3.05, 3.63) is 44.3 Å². The molecule has 0 saturated heterocycles. The van der Waals surface area contributed by atoms with Crippen molar-refractivity contribution >= 4 is 39.5 Å². The van der Waals surface area contributed by atoms with Crippen LogP contribution in [0.5, 0.6) is 0 Å². The zero-order valence-corrected chi connectivity index (χ0v) is 16.9. The fourth-order valence-corrected chi connectivity index (χ4v) is 6.08. The fourth-order valence-electron chi connectivity index (χ4n) is 4.32. The van der Waals surface area contributed by atoms with Crippen molar-refractivity contribution in [3.63, 3.8) is 0 Å². The van der Waals surface area contributed by atoms with Crippen LogP contribution in [0.2, 0.25) is 0 Å². The average molecular weight is 401 g/mol. The highest BCUT2D eigenvalue weighted by Crippen LogP contribution is 2.49. The summed E-state index contributed by atoms with van der Waals surface area (Å²) in [6.07, 6.45) is 3.64. The van der Waals surface area contributed by atoms with Gasteiger partial charge in [-0.05, 0) is 44.6 Å². The van der Waals surface area contributed by atoms with Crippen LogP contribution in [0, 0.1) is 19.8 Å². The highest BCUT2D eigenvalue weighted by Gasteiger charge is 2.53. The van der Waals surface area contributed by atoms with Crippen LogP contribution in [0.15, 0.2) is 28.8 Å². The number of nitrogens with zero attached hydrogens (tertiary/aromatic N) is 2. The first-order valence-corrected chi connectivity index (χ1v) is 11.0. The molecule has 1 saturated carbocycles. The van der Waals surface area contributed by atoms with Gasteiger partial charge in [0.2, 0.25) is 0 Å². The Morgan fingerprint density at radius 2 is 2.04 bits per heavy atom. The quantitative estimate of drug-likeness (QED) is 0.753. The van der Waals surface area contributed by atoms with Crippen molar-refractivity contribution in [2.24, 2.45) is 5.92 Å². The van der Waals surface area contributed by atoms with Crippen LogP contribution in [0.1, 0.15) is 47.2 Å². The number of carbonyl (C=O) groups excluding carboxylic acids is 2. The van der Waals surface area contributed by atoms with E-state index in [1.165, 1.54) is 11.3 Å². The first-order chi connectivity index (χ1) is 13.1. The predicted octanol–water partition coefficient (Wildman–Crippen LogP) is 4.32. The van der Waals surface area contributed by atoms with E-state index in [1.54, 1.807) is 16.2 Å². The van der Waals surface area contributed by atoms with E-state index in [2.05, 4.69) is 4.98 Å². The molecule has 0 aromatic carbocycles. The molecule has 0 radical (unpaired) electrons. The standard InChI is InChI=1S/C20H20N2O3S2/c1-10-11(2)27-20(21-10)22-16(14-8-5-9-26-14)15-17(23)12-6-3-4-7-13(12)25-18(15)19(22)24/h5,8-9,12-13,16H,3-4,6-7H2,1-2H3. The number of aryl methyl sites for hydroxylation is 2. The number of anilines is 1. The Hall–Kier alpha value is -1.99. The van der Waals surface area contributed by atoms with Gasteiger partial charge >= 0.3 is 0 Å². The minimum Gasteiger partial charge on any atom is -0.483 e. The van der Waals surface area contributed by atoms with E-state index in [0.29, 0.717) is 10.7 Å². The zero-order valence-electron chi connectivity index (χ0n) is 15.2. The summed E-state index contributed by atoms with van der Waals surface area (Å²) < 4.78 is 6.16.